The van der Waals surface area contributed by atoms with Gasteiger partial charge in [-0.3, -0.25) is 9.67 Å². The molecule has 0 N–H and O–H groups in total. The minimum absolute atomic E-state index is 0.422. The Balaban J connectivity index is 1.64. The third kappa shape index (κ3) is 4.11. The third-order valence-electron chi connectivity index (χ3n) is 5.35. The van der Waals surface area contributed by atoms with Crippen LogP contribution in [-0.2, 0) is 13.1 Å². The summed E-state index contributed by atoms with van der Waals surface area (Å²) in [6.07, 6.45) is 10.3. The number of nitrogens with zero attached hydrogens (tertiary/aromatic N) is 7. The van der Waals surface area contributed by atoms with Crippen molar-refractivity contribution in [2.45, 2.75) is 39.8 Å². The maximum Gasteiger partial charge on any atom is 0.264 e. The van der Waals surface area contributed by atoms with Crippen LogP contribution in [0.25, 0.3) is 33.3 Å². The van der Waals surface area contributed by atoms with Crippen LogP contribution in [0.1, 0.15) is 24.2 Å². The summed E-state index contributed by atoms with van der Waals surface area (Å²) in [7, 11) is 0. The average molecular weight is 449 g/mol. The number of alkyl halides is 2. The first kappa shape index (κ1) is 20.9. The predicted octanol–water partition coefficient (Wildman–Crippen LogP) is 4.67. The van der Waals surface area contributed by atoms with Gasteiger partial charge in [0.05, 0.1) is 29.5 Å². The molecule has 0 atom stereocenters. The molecule has 0 aliphatic carbocycles. The van der Waals surface area contributed by atoms with Crippen molar-refractivity contribution >= 4 is 11.0 Å². The molecule has 33 heavy (non-hydrogen) atoms. The van der Waals surface area contributed by atoms with Gasteiger partial charge in [0.2, 0.25) is 0 Å². The first-order valence-electron chi connectivity index (χ1n) is 10.4. The van der Waals surface area contributed by atoms with Gasteiger partial charge in [-0.25, -0.2) is 18.7 Å². The number of fused-ring (bicyclic) bond motifs is 1. The van der Waals surface area contributed by atoms with E-state index in [1.54, 1.807) is 37.1 Å². The van der Waals surface area contributed by atoms with E-state index in [4.69, 9.17) is 9.51 Å². The molecule has 0 aliphatic heterocycles. The fourth-order valence-electron chi connectivity index (χ4n) is 3.98. The molecule has 5 aromatic heterocycles. The molecule has 0 fully saturated rings. The van der Waals surface area contributed by atoms with Gasteiger partial charge in [-0.05, 0) is 26.0 Å². The van der Waals surface area contributed by atoms with Crippen LogP contribution in [0.3, 0.4) is 0 Å². The van der Waals surface area contributed by atoms with Crippen molar-refractivity contribution in [3.8, 4) is 22.3 Å². The maximum absolute atomic E-state index is 13.5. The third-order valence-corrected chi connectivity index (χ3v) is 5.35. The van der Waals surface area contributed by atoms with Crippen LogP contribution in [0.4, 0.5) is 8.78 Å². The monoisotopic (exact) mass is 449 g/mol. The molecule has 0 spiro atoms. The molecule has 0 radical (unpaired) electrons. The second-order valence-corrected chi connectivity index (χ2v) is 8.12. The first-order chi connectivity index (χ1) is 15.8. The molecular weight excluding hydrogens is 428 g/mol. The van der Waals surface area contributed by atoms with E-state index in [0.717, 1.165) is 40.3 Å². The van der Waals surface area contributed by atoms with Gasteiger partial charge in [-0.15, -0.1) is 0 Å². The van der Waals surface area contributed by atoms with Crippen LogP contribution in [0, 0.1) is 13.8 Å². The minimum atomic E-state index is -2.86. The van der Waals surface area contributed by atoms with Crippen molar-refractivity contribution in [1.82, 2.24) is 34.5 Å². The molecule has 5 rings (SSSR count). The van der Waals surface area contributed by atoms with Crippen molar-refractivity contribution < 1.29 is 13.3 Å². The lowest BCUT2D eigenvalue weighted by molar-refractivity contribution is 0.000604. The van der Waals surface area contributed by atoms with E-state index in [-0.39, 0.29) is 0 Å². The summed E-state index contributed by atoms with van der Waals surface area (Å²) >= 11 is 0. The van der Waals surface area contributed by atoms with E-state index in [9.17, 15) is 8.78 Å². The van der Waals surface area contributed by atoms with Crippen molar-refractivity contribution in [3.63, 3.8) is 0 Å². The number of halogens is 2. The Morgan fingerprint density at radius 3 is 2.52 bits per heavy atom. The van der Waals surface area contributed by atoms with Gasteiger partial charge in [0, 0.05) is 60.2 Å². The van der Waals surface area contributed by atoms with E-state index in [0.29, 0.717) is 23.7 Å². The van der Waals surface area contributed by atoms with Gasteiger partial charge in [-0.1, -0.05) is 5.16 Å². The Morgan fingerprint density at radius 2 is 1.82 bits per heavy atom. The summed E-state index contributed by atoms with van der Waals surface area (Å²) in [5.74, 6) is -1.51. The predicted molar refractivity (Wildman–Crippen MR) is 118 cm³/mol. The fraction of sp³-hybridized carbons (Fsp3) is 0.261. The Kier molecular flexibility index (Phi) is 4.99. The molecule has 0 unspecified atom stereocenters. The van der Waals surface area contributed by atoms with Crippen molar-refractivity contribution in [2.75, 3.05) is 0 Å². The summed E-state index contributed by atoms with van der Waals surface area (Å²) in [6.45, 7) is 4.55. The number of hydrogen-bond acceptors (Lipinski definition) is 6. The molecule has 5 aromatic rings. The molecule has 0 aliphatic rings. The topological polar surface area (TPSA) is 87.5 Å². The van der Waals surface area contributed by atoms with E-state index in [1.165, 1.54) is 4.68 Å². The Bertz CT molecular complexity index is 1410. The number of aromatic nitrogens is 7. The van der Waals surface area contributed by atoms with E-state index < -0.39 is 12.5 Å². The quantitative estimate of drug-likeness (QED) is 0.375. The molecule has 168 valence electrons. The minimum Gasteiger partial charge on any atom is -0.361 e. The standard InChI is InChI=1S/C23H21F2N7O/c1-14-21(15(2)33-30-14)16-7-19-22(28-8-16)18(11-31(19)12-20-26-5-4-6-27-20)17-9-29-32(10-17)13-23(3,24)25/h4-11H,12-13H2,1-3H3. The second-order valence-electron chi connectivity index (χ2n) is 8.12. The zero-order valence-electron chi connectivity index (χ0n) is 18.3. The highest BCUT2D eigenvalue weighted by Gasteiger charge is 2.23. The van der Waals surface area contributed by atoms with Gasteiger partial charge in [0.15, 0.2) is 0 Å². The molecule has 0 bridgehead atoms. The van der Waals surface area contributed by atoms with Crippen LogP contribution in [-0.4, -0.2) is 40.4 Å². The van der Waals surface area contributed by atoms with Gasteiger partial charge in [-0.2, -0.15) is 5.10 Å². The van der Waals surface area contributed by atoms with Crippen molar-refractivity contribution in [1.29, 1.82) is 0 Å². The Labute approximate surface area is 187 Å². The SMILES string of the molecule is Cc1noc(C)c1-c1cnc2c(-c3cnn(CC(C)(F)F)c3)cn(Cc3ncccn3)c2c1. The summed E-state index contributed by atoms with van der Waals surface area (Å²) in [5.41, 5.74) is 5.62. The van der Waals surface area contributed by atoms with Crippen LogP contribution >= 0.6 is 0 Å². The lowest BCUT2D eigenvalue weighted by Crippen LogP contribution is -2.19. The number of pyridine rings is 1. The molecule has 5 heterocycles. The van der Waals surface area contributed by atoms with Crippen molar-refractivity contribution in [2.24, 2.45) is 0 Å². The molecular formula is C23H21F2N7O. The van der Waals surface area contributed by atoms with Gasteiger partial charge < -0.3 is 9.09 Å². The van der Waals surface area contributed by atoms with Crippen LogP contribution < -0.4 is 0 Å². The Hall–Kier alpha value is -3.95. The summed E-state index contributed by atoms with van der Waals surface area (Å²) < 4.78 is 35.5. The molecule has 0 amide bonds. The van der Waals surface area contributed by atoms with Gasteiger partial charge in [0.1, 0.15) is 18.1 Å². The number of rotatable bonds is 6. The fourth-order valence-corrected chi connectivity index (χ4v) is 3.98. The van der Waals surface area contributed by atoms with E-state index >= 15 is 0 Å². The normalized spacial score (nSPS) is 12.0. The van der Waals surface area contributed by atoms with Crippen LogP contribution in [0.15, 0.2) is 53.8 Å². The molecule has 8 nitrogen and oxygen atoms in total. The smallest absolute Gasteiger partial charge is 0.264 e. The van der Waals surface area contributed by atoms with Gasteiger partial charge in [0.25, 0.3) is 5.92 Å². The molecule has 0 aromatic carbocycles. The summed E-state index contributed by atoms with van der Waals surface area (Å²) in [6, 6.07) is 3.78. The first-order valence-corrected chi connectivity index (χ1v) is 10.4. The van der Waals surface area contributed by atoms with Crippen molar-refractivity contribution in [3.05, 3.63) is 66.6 Å². The number of aryl methyl sites for hydroxylation is 2. The van der Waals surface area contributed by atoms with E-state index in [1.807, 2.05) is 30.7 Å². The zero-order chi connectivity index (χ0) is 23.2. The maximum atomic E-state index is 13.5. The summed E-state index contributed by atoms with van der Waals surface area (Å²) in [4.78, 5) is 13.4. The largest absolute Gasteiger partial charge is 0.361 e. The highest BCUT2D eigenvalue weighted by Crippen LogP contribution is 2.34. The highest BCUT2D eigenvalue weighted by molar-refractivity contribution is 5.94. The second kappa shape index (κ2) is 7.88. The highest BCUT2D eigenvalue weighted by atomic mass is 19.3. The van der Waals surface area contributed by atoms with Crippen LogP contribution in [0.2, 0.25) is 0 Å². The van der Waals surface area contributed by atoms with Crippen LogP contribution in [0.5, 0.6) is 0 Å². The average Bonchev–Trinajstić information content (AvgIpc) is 3.45. The Morgan fingerprint density at radius 1 is 1.03 bits per heavy atom. The van der Waals surface area contributed by atoms with Gasteiger partial charge >= 0.3 is 0 Å². The molecule has 0 saturated carbocycles. The molecule has 0 saturated heterocycles. The molecule has 10 heteroatoms. The zero-order valence-corrected chi connectivity index (χ0v) is 18.3. The lowest BCUT2D eigenvalue weighted by atomic mass is 10.1. The summed E-state index contributed by atoms with van der Waals surface area (Å²) in [5, 5.41) is 8.16. The number of hydrogen-bond donors (Lipinski definition) is 0. The van der Waals surface area contributed by atoms with E-state index in [2.05, 4.69) is 20.2 Å². The lowest BCUT2D eigenvalue weighted by Gasteiger charge is -2.08.